The van der Waals surface area contributed by atoms with Gasteiger partial charge in [-0.3, -0.25) is 0 Å². The number of ether oxygens (including phenoxy) is 1. The van der Waals surface area contributed by atoms with Gasteiger partial charge in [-0.15, -0.1) is 0 Å². The Morgan fingerprint density at radius 1 is 1.23 bits per heavy atom. The van der Waals surface area contributed by atoms with Gasteiger partial charge in [0.25, 0.3) is 0 Å². The average Bonchev–Trinajstić information content (AvgIpc) is 3.52. The van der Waals surface area contributed by atoms with E-state index in [4.69, 9.17) is 14.8 Å². The number of rotatable bonds is 7. The van der Waals surface area contributed by atoms with Gasteiger partial charge in [0.15, 0.2) is 0 Å². The number of fused-ring (bicyclic) bond motifs is 1. The second-order valence-electron chi connectivity index (χ2n) is 7.06. The Morgan fingerprint density at radius 3 is 2.88 bits per heavy atom. The van der Waals surface area contributed by atoms with Crippen molar-refractivity contribution >= 4 is 11.8 Å². The van der Waals surface area contributed by atoms with Crippen LogP contribution in [0, 0.1) is 0 Å². The minimum Gasteiger partial charge on any atom is -0.497 e. The van der Waals surface area contributed by atoms with Crippen LogP contribution >= 0.6 is 0 Å². The number of hydrogen-bond acceptors (Lipinski definition) is 6. The van der Waals surface area contributed by atoms with Gasteiger partial charge in [-0.2, -0.15) is 4.98 Å². The van der Waals surface area contributed by atoms with Crippen LogP contribution in [-0.2, 0) is 13.0 Å². The van der Waals surface area contributed by atoms with Crippen LogP contribution in [0.15, 0.2) is 24.3 Å². The Kier molecular flexibility index (Phi) is 4.93. The van der Waals surface area contributed by atoms with Gasteiger partial charge in [-0.25, -0.2) is 4.98 Å². The first kappa shape index (κ1) is 17.1. The first-order valence-corrected chi connectivity index (χ1v) is 9.41. The highest BCUT2D eigenvalue weighted by Gasteiger charge is 2.27. The Bertz CT molecular complexity index is 776. The summed E-state index contributed by atoms with van der Waals surface area (Å²) in [6, 6.07) is 8.48. The molecule has 6 heteroatoms. The van der Waals surface area contributed by atoms with E-state index in [0.717, 1.165) is 36.8 Å². The number of aromatic nitrogens is 2. The normalized spacial score (nSPS) is 16.3. The summed E-state index contributed by atoms with van der Waals surface area (Å²) in [6.45, 7) is 2.66. The Morgan fingerprint density at radius 2 is 2.12 bits per heavy atom. The smallest absolute Gasteiger partial charge is 0.224 e. The monoisotopic (exact) mass is 354 g/mol. The van der Waals surface area contributed by atoms with Crippen LogP contribution in [0.4, 0.5) is 11.8 Å². The fourth-order valence-corrected chi connectivity index (χ4v) is 3.41. The summed E-state index contributed by atoms with van der Waals surface area (Å²) >= 11 is 0. The molecule has 2 aromatic rings. The first-order valence-electron chi connectivity index (χ1n) is 9.41. The molecule has 1 aromatic heterocycles. The Labute approximate surface area is 154 Å². The standard InChI is InChI=1S/C20H26N4O2/c1-26-17-6-5-16-13-24(9-7-15(16)11-17)19-12-18(14-3-4-14)22-20(23-19)21-8-2-10-25/h5-6,11-12,14,25H,2-4,7-10,13H2,1H3,(H,21,22,23). The molecule has 1 aliphatic carbocycles. The molecule has 1 aromatic carbocycles. The van der Waals surface area contributed by atoms with Gasteiger partial charge in [0, 0.05) is 38.2 Å². The van der Waals surface area contributed by atoms with E-state index in [9.17, 15) is 0 Å². The molecule has 26 heavy (non-hydrogen) atoms. The molecular weight excluding hydrogens is 328 g/mol. The zero-order valence-electron chi connectivity index (χ0n) is 15.2. The topological polar surface area (TPSA) is 70.5 Å². The lowest BCUT2D eigenvalue weighted by atomic mass is 9.99. The quantitative estimate of drug-likeness (QED) is 0.745. The van der Waals surface area contributed by atoms with Crippen molar-refractivity contribution in [1.29, 1.82) is 0 Å². The van der Waals surface area contributed by atoms with Gasteiger partial charge in [-0.05, 0) is 48.9 Å². The molecule has 6 nitrogen and oxygen atoms in total. The number of nitrogens with zero attached hydrogens (tertiary/aromatic N) is 3. The van der Waals surface area contributed by atoms with Crippen LogP contribution in [-0.4, -0.2) is 41.9 Å². The summed E-state index contributed by atoms with van der Waals surface area (Å²) in [7, 11) is 1.71. The van der Waals surface area contributed by atoms with E-state index in [1.165, 1.54) is 24.0 Å². The molecule has 0 bridgehead atoms. The molecule has 138 valence electrons. The maximum absolute atomic E-state index is 8.99. The Hall–Kier alpha value is -2.34. The van der Waals surface area contributed by atoms with Gasteiger partial charge >= 0.3 is 0 Å². The average molecular weight is 354 g/mol. The lowest BCUT2D eigenvalue weighted by molar-refractivity contribution is 0.292. The van der Waals surface area contributed by atoms with Gasteiger partial charge in [0.2, 0.25) is 5.95 Å². The lowest BCUT2D eigenvalue weighted by Crippen LogP contribution is -2.31. The molecule has 1 aliphatic heterocycles. The summed E-state index contributed by atoms with van der Waals surface area (Å²) in [5, 5.41) is 12.2. The van der Waals surface area contributed by atoms with E-state index in [1.54, 1.807) is 7.11 Å². The molecule has 1 saturated carbocycles. The highest BCUT2D eigenvalue weighted by Crippen LogP contribution is 2.40. The highest BCUT2D eigenvalue weighted by molar-refractivity contribution is 5.50. The van der Waals surface area contributed by atoms with Crippen LogP contribution in [0.5, 0.6) is 5.75 Å². The van der Waals surface area contributed by atoms with Crippen molar-refractivity contribution in [2.75, 3.05) is 37.0 Å². The molecule has 4 rings (SSSR count). The van der Waals surface area contributed by atoms with Crippen molar-refractivity contribution in [2.45, 2.75) is 38.1 Å². The molecule has 0 radical (unpaired) electrons. The second kappa shape index (κ2) is 7.50. The first-order chi connectivity index (χ1) is 12.8. The molecule has 0 unspecified atom stereocenters. The van der Waals surface area contributed by atoms with Crippen LogP contribution < -0.4 is 15.0 Å². The minimum atomic E-state index is 0.175. The van der Waals surface area contributed by atoms with Crippen molar-refractivity contribution in [3.05, 3.63) is 41.1 Å². The third-order valence-corrected chi connectivity index (χ3v) is 5.10. The van der Waals surface area contributed by atoms with E-state index >= 15 is 0 Å². The molecule has 0 spiro atoms. The van der Waals surface area contributed by atoms with Crippen molar-refractivity contribution in [3.8, 4) is 5.75 Å². The maximum atomic E-state index is 8.99. The predicted molar refractivity (Wildman–Crippen MR) is 102 cm³/mol. The fourth-order valence-electron chi connectivity index (χ4n) is 3.41. The largest absolute Gasteiger partial charge is 0.497 e. The van der Waals surface area contributed by atoms with E-state index < -0.39 is 0 Å². The van der Waals surface area contributed by atoms with Crippen LogP contribution in [0.25, 0.3) is 0 Å². The molecule has 2 N–H and O–H groups in total. The second-order valence-corrected chi connectivity index (χ2v) is 7.06. The van der Waals surface area contributed by atoms with Gasteiger partial charge < -0.3 is 20.1 Å². The number of benzene rings is 1. The van der Waals surface area contributed by atoms with E-state index in [2.05, 4.69) is 33.4 Å². The molecule has 0 atom stereocenters. The Balaban J connectivity index is 1.56. The molecule has 2 heterocycles. The van der Waals surface area contributed by atoms with Crippen LogP contribution in [0.2, 0.25) is 0 Å². The third-order valence-electron chi connectivity index (χ3n) is 5.10. The van der Waals surface area contributed by atoms with Gasteiger partial charge in [0.1, 0.15) is 11.6 Å². The van der Waals surface area contributed by atoms with Gasteiger partial charge in [-0.1, -0.05) is 6.07 Å². The number of aliphatic hydroxyl groups is 1. The fraction of sp³-hybridized carbons (Fsp3) is 0.500. The summed E-state index contributed by atoms with van der Waals surface area (Å²) < 4.78 is 5.34. The van der Waals surface area contributed by atoms with E-state index in [-0.39, 0.29) is 6.61 Å². The van der Waals surface area contributed by atoms with Crippen molar-refractivity contribution in [3.63, 3.8) is 0 Å². The highest BCUT2D eigenvalue weighted by atomic mass is 16.5. The zero-order valence-corrected chi connectivity index (χ0v) is 15.2. The van der Waals surface area contributed by atoms with Crippen molar-refractivity contribution in [1.82, 2.24) is 9.97 Å². The van der Waals surface area contributed by atoms with Gasteiger partial charge in [0.05, 0.1) is 12.8 Å². The van der Waals surface area contributed by atoms with Crippen molar-refractivity contribution < 1.29 is 9.84 Å². The summed E-state index contributed by atoms with van der Waals surface area (Å²) in [4.78, 5) is 11.8. The number of nitrogens with one attached hydrogen (secondary N) is 1. The SMILES string of the molecule is COc1ccc2c(c1)CCN(c1cc(C3CC3)nc(NCCCO)n1)C2. The summed E-state index contributed by atoms with van der Waals surface area (Å²) in [5.41, 5.74) is 3.83. The van der Waals surface area contributed by atoms with E-state index in [0.29, 0.717) is 24.8 Å². The molecular formula is C20H26N4O2. The molecule has 1 fully saturated rings. The number of aliphatic hydroxyl groups excluding tert-OH is 1. The summed E-state index contributed by atoms with van der Waals surface area (Å²) in [6.07, 6.45) is 4.12. The minimum absolute atomic E-state index is 0.175. The van der Waals surface area contributed by atoms with Crippen molar-refractivity contribution in [2.24, 2.45) is 0 Å². The third kappa shape index (κ3) is 3.75. The van der Waals surface area contributed by atoms with E-state index in [1.807, 2.05) is 6.07 Å². The molecule has 2 aliphatic rings. The number of methoxy groups -OCH3 is 1. The van der Waals surface area contributed by atoms with Crippen LogP contribution in [0.3, 0.4) is 0 Å². The maximum Gasteiger partial charge on any atom is 0.224 e. The predicted octanol–water partition coefficient (Wildman–Crippen LogP) is 2.72. The number of hydrogen-bond donors (Lipinski definition) is 2. The lowest BCUT2D eigenvalue weighted by Gasteiger charge is -2.30. The zero-order chi connectivity index (χ0) is 17.9. The molecule has 0 amide bonds. The summed E-state index contributed by atoms with van der Waals surface area (Å²) in [5.74, 6) is 3.18. The van der Waals surface area contributed by atoms with Crippen LogP contribution in [0.1, 0.15) is 42.0 Å². The number of anilines is 2. The molecule has 0 saturated heterocycles.